The van der Waals surface area contributed by atoms with Crippen molar-refractivity contribution in [3.05, 3.63) is 18.2 Å². The minimum atomic E-state index is -0.388. The third kappa shape index (κ3) is 3.34. The van der Waals surface area contributed by atoms with Crippen LogP contribution in [0.2, 0.25) is 0 Å². The van der Waals surface area contributed by atoms with Gasteiger partial charge in [0.25, 0.3) is 0 Å². The largest absolute Gasteiger partial charge is 0.356 e. The smallest absolute Gasteiger partial charge is 0.328 e. The monoisotopic (exact) mass is 212 g/mol. The first-order valence-corrected chi connectivity index (χ1v) is 4.81. The Bertz CT molecular complexity index is 322. The Morgan fingerprint density at radius 3 is 3.07 bits per heavy atom. The molecule has 0 spiro atoms. The van der Waals surface area contributed by atoms with E-state index in [0.29, 0.717) is 12.5 Å². The molecule has 1 aromatic heterocycles. The van der Waals surface area contributed by atoms with Crippen LogP contribution in [0.3, 0.4) is 0 Å². The Morgan fingerprint density at radius 1 is 1.73 bits per heavy atom. The highest BCUT2D eigenvalue weighted by Crippen LogP contribution is 2.11. The fraction of sp³-hybridized carbons (Fsp3) is 0.556. The molecule has 0 aromatic carbocycles. The molecule has 0 fully saturated rings. The molecule has 0 aliphatic carbocycles. The van der Waals surface area contributed by atoms with Crippen LogP contribution in [0.1, 0.15) is 32.0 Å². The summed E-state index contributed by atoms with van der Waals surface area (Å²) in [5.74, 6) is 5.75. The van der Waals surface area contributed by atoms with Crippen LogP contribution in [0.4, 0.5) is 0 Å². The van der Waals surface area contributed by atoms with E-state index in [1.54, 1.807) is 6.20 Å². The number of hydrogen-bond acceptors (Lipinski definition) is 5. The molecule has 15 heavy (non-hydrogen) atoms. The molecule has 0 saturated heterocycles. The van der Waals surface area contributed by atoms with Gasteiger partial charge in [-0.2, -0.15) is 0 Å². The van der Waals surface area contributed by atoms with E-state index in [1.807, 2.05) is 16.4 Å². The summed E-state index contributed by atoms with van der Waals surface area (Å²) >= 11 is 0. The number of carbonyl (C=O) groups excluding carboxylic acids is 1. The van der Waals surface area contributed by atoms with Gasteiger partial charge in [-0.3, -0.25) is 4.79 Å². The Balaban J connectivity index is 2.50. The van der Waals surface area contributed by atoms with E-state index < -0.39 is 0 Å². The van der Waals surface area contributed by atoms with Gasteiger partial charge in [-0.05, 0) is 0 Å². The van der Waals surface area contributed by atoms with E-state index in [2.05, 4.69) is 23.7 Å². The third-order valence-corrected chi connectivity index (χ3v) is 1.99. The molecule has 0 atom stereocenters. The second-order valence-corrected chi connectivity index (χ2v) is 3.48. The van der Waals surface area contributed by atoms with E-state index in [9.17, 15) is 4.79 Å². The molecule has 0 unspecified atom stereocenters. The highest BCUT2D eigenvalue weighted by Gasteiger charge is 2.09. The Hall–Kier alpha value is -1.40. The van der Waals surface area contributed by atoms with E-state index in [-0.39, 0.29) is 12.4 Å². The number of aromatic nitrogens is 2. The molecule has 6 heteroatoms. The van der Waals surface area contributed by atoms with Gasteiger partial charge >= 0.3 is 5.97 Å². The average molecular weight is 212 g/mol. The van der Waals surface area contributed by atoms with Gasteiger partial charge in [-0.1, -0.05) is 19.4 Å². The topological polar surface area (TPSA) is 82.2 Å². The predicted octanol–water partition coefficient (Wildman–Crippen LogP) is 0.318. The van der Waals surface area contributed by atoms with E-state index in [0.717, 1.165) is 5.82 Å². The fourth-order valence-electron chi connectivity index (χ4n) is 1.34. The van der Waals surface area contributed by atoms with Gasteiger partial charge in [-0.15, -0.1) is 0 Å². The maximum atomic E-state index is 11.0. The molecule has 1 heterocycles. The van der Waals surface area contributed by atoms with Gasteiger partial charge < -0.3 is 9.40 Å². The number of imidazole rings is 1. The second kappa shape index (κ2) is 5.47. The predicted molar refractivity (Wildman–Crippen MR) is 54.3 cm³/mol. The summed E-state index contributed by atoms with van der Waals surface area (Å²) in [6, 6.07) is 0. The number of rotatable bonds is 5. The minimum Gasteiger partial charge on any atom is -0.356 e. The number of nitrogens with zero attached hydrogens (tertiary/aromatic N) is 2. The maximum absolute atomic E-state index is 11.0. The van der Waals surface area contributed by atoms with Gasteiger partial charge in [0, 0.05) is 24.9 Å². The second-order valence-electron chi connectivity index (χ2n) is 3.48. The van der Waals surface area contributed by atoms with Gasteiger partial charge in [-0.25, -0.2) is 10.8 Å². The van der Waals surface area contributed by atoms with Crippen molar-refractivity contribution in [2.45, 2.75) is 32.7 Å². The average Bonchev–Trinajstić information content (AvgIpc) is 2.63. The van der Waals surface area contributed by atoms with Crippen molar-refractivity contribution in [1.29, 1.82) is 0 Å². The molecule has 0 aliphatic rings. The van der Waals surface area contributed by atoms with Crippen LogP contribution in [0.15, 0.2) is 12.4 Å². The SMILES string of the molecule is CC(C)c1nccn1CCC(=O)ONN. The van der Waals surface area contributed by atoms with Crippen molar-refractivity contribution in [3.63, 3.8) is 0 Å². The summed E-state index contributed by atoms with van der Waals surface area (Å²) < 4.78 is 1.93. The number of carbonyl (C=O) groups is 1. The molecule has 0 saturated carbocycles. The number of nitrogens with two attached hydrogens (primary N) is 1. The highest BCUT2D eigenvalue weighted by atomic mass is 16.7. The summed E-state index contributed by atoms with van der Waals surface area (Å²) in [7, 11) is 0. The summed E-state index contributed by atoms with van der Waals surface area (Å²) in [5, 5.41) is 0. The summed E-state index contributed by atoms with van der Waals surface area (Å²) in [6.45, 7) is 4.66. The number of aryl methyl sites for hydroxylation is 1. The standard InChI is InChI=1S/C9H16N4O2/c1-7(2)9-11-4-6-13(9)5-3-8(14)15-12-10/h4,6-7,12H,3,5,10H2,1-2H3. The van der Waals surface area contributed by atoms with E-state index in [1.165, 1.54) is 0 Å². The van der Waals surface area contributed by atoms with Crippen LogP contribution in [0.5, 0.6) is 0 Å². The number of nitrogens with one attached hydrogen (secondary N) is 1. The molecule has 6 nitrogen and oxygen atoms in total. The molecule has 84 valence electrons. The first-order chi connectivity index (χ1) is 7.15. The molecular formula is C9H16N4O2. The fourth-order valence-corrected chi connectivity index (χ4v) is 1.34. The lowest BCUT2D eigenvalue weighted by molar-refractivity contribution is -0.151. The van der Waals surface area contributed by atoms with Crippen LogP contribution >= 0.6 is 0 Å². The maximum Gasteiger partial charge on any atom is 0.328 e. The van der Waals surface area contributed by atoms with Crippen molar-refractivity contribution in [3.8, 4) is 0 Å². The molecule has 3 N–H and O–H groups in total. The minimum absolute atomic E-state index is 0.264. The van der Waals surface area contributed by atoms with Gasteiger partial charge in [0.05, 0.1) is 6.42 Å². The summed E-state index contributed by atoms with van der Waals surface area (Å²) in [6.07, 6.45) is 3.83. The molecule has 1 rings (SSSR count). The van der Waals surface area contributed by atoms with Gasteiger partial charge in [0.15, 0.2) is 0 Å². The lowest BCUT2D eigenvalue weighted by Crippen LogP contribution is -2.26. The Morgan fingerprint density at radius 2 is 2.47 bits per heavy atom. The molecule has 0 radical (unpaired) electrons. The van der Waals surface area contributed by atoms with Gasteiger partial charge in [0.1, 0.15) is 5.82 Å². The first kappa shape index (κ1) is 11.7. The first-order valence-electron chi connectivity index (χ1n) is 4.81. The lowest BCUT2D eigenvalue weighted by Gasteiger charge is -2.09. The lowest BCUT2D eigenvalue weighted by atomic mass is 10.2. The number of hydrogen-bond donors (Lipinski definition) is 2. The Labute approximate surface area is 88.3 Å². The zero-order chi connectivity index (χ0) is 11.3. The summed E-state index contributed by atoms with van der Waals surface area (Å²) in [4.78, 5) is 19.6. The summed E-state index contributed by atoms with van der Waals surface area (Å²) in [5.41, 5.74) is 1.86. The molecule has 0 amide bonds. The van der Waals surface area contributed by atoms with Crippen molar-refractivity contribution < 1.29 is 9.63 Å². The van der Waals surface area contributed by atoms with Crippen molar-refractivity contribution in [1.82, 2.24) is 15.1 Å². The zero-order valence-electron chi connectivity index (χ0n) is 8.93. The molecule has 0 aliphatic heterocycles. The van der Waals surface area contributed by atoms with Crippen LogP contribution in [-0.2, 0) is 16.2 Å². The molecular weight excluding hydrogens is 196 g/mol. The van der Waals surface area contributed by atoms with Crippen molar-refractivity contribution in [2.75, 3.05) is 0 Å². The van der Waals surface area contributed by atoms with Crippen molar-refractivity contribution in [2.24, 2.45) is 5.84 Å². The van der Waals surface area contributed by atoms with E-state index in [4.69, 9.17) is 5.84 Å². The highest BCUT2D eigenvalue weighted by molar-refractivity contribution is 5.68. The molecule has 0 bridgehead atoms. The van der Waals surface area contributed by atoms with Crippen molar-refractivity contribution >= 4 is 5.97 Å². The van der Waals surface area contributed by atoms with Gasteiger partial charge in [0.2, 0.25) is 0 Å². The van der Waals surface area contributed by atoms with Crippen LogP contribution in [0.25, 0.3) is 0 Å². The normalized spacial score (nSPS) is 10.7. The zero-order valence-corrected chi connectivity index (χ0v) is 8.93. The van der Waals surface area contributed by atoms with Crippen LogP contribution in [-0.4, -0.2) is 15.5 Å². The molecule has 1 aromatic rings. The quantitative estimate of drug-likeness (QED) is 0.542. The van der Waals surface area contributed by atoms with Crippen LogP contribution in [0, 0.1) is 0 Å². The van der Waals surface area contributed by atoms with Crippen LogP contribution < -0.4 is 11.4 Å². The Kier molecular flexibility index (Phi) is 4.26. The number of hydrazine groups is 1. The third-order valence-electron chi connectivity index (χ3n) is 1.99. The van der Waals surface area contributed by atoms with E-state index >= 15 is 0 Å².